The van der Waals surface area contributed by atoms with Gasteiger partial charge in [-0.15, -0.1) is 0 Å². The molecule has 1 atom stereocenters. The monoisotopic (exact) mass is 303 g/mol. The summed E-state index contributed by atoms with van der Waals surface area (Å²) in [6.07, 6.45) is 0. The second-order valence-corrected chi connectivity index (χ2v) is 5.23. The smallest absolute Gasteiger partial charge is 0.133 e. The molecule has 2 aromatic carbocycles. The normalized spacial score (nSPS) is 17.5. The minimum atomic E-state index is 0.285. The first-order chi connectivity index (χ1) is 8.84. The number of ether oxygens (including phenoxy) is 1. The third-order valence-corrected chi connectivity index (χ3v) is 3.87. The van der Waals surface area contributed by atoms with Gasteiger partial charge in [-0.3, -0.25) is 0 Å². The van der Waals surface area contributed by atoms with Gasteiger partial charge >= 0.3 is 0 Å². The van der Waals surface area contributed by atoms with Crippen LogP contribution in [-0.2, 0) is 6.54 Å². The molecule has 0 aliphatic carbocycles. The summed E-state index contributed by atoms with van der Waals surface area (Å²) in [5, 5.41) is 3.47. The summed E-state index contributed by atoms with van der Waals surface area (Å²) in [5.74, 6) is 0.892. The van der Waals surface area contributed by atoms with Crippen molar-refractivity contribution in [3.63, 3.8) is 0 Å². The van der Waals surface area contributed by atoms with Gasteiger partial charge in [0.1, 0.15) is 12.4 Å². The molecule has 1 unspecified atom stereocenters. The fourth-order valence-corrected chi connectivity index (χ4v) is 2.66. The number of hydrogen-bond acceptors (Lipinski definition) is 2. The molecular formula is C15H14BrNO. The highest BCUT2D eigenvalue weighted by molar-refractivity contribution is 9.10. The Morgan fingerprint density at radius 1 is 1.11 bits per heavy atom. The van der Waals surface area contributed by atoms with E-state index < -0.39 is 0 Å². The van der Waals surface area contributed by atoms with Crippen LogP contribution in [0.5, 0.6) is 5.75 Å². The largest absolute Gasteiger partial charge is 0.490 e. The van der Waals surface area contributed by atoms with E-state index in [1.54, 1.807) is 0 Å². The summed E-state index contributed by atoms with van der Waals surface area (Å²) in [4.78, 5) is 0. The molecular weight excluding hydrogens is 290 g/mol. The van der Waals surface area contributed by atoms with E-state index in [4.69, 9.17) is 4.74 Å². The second-order valence-electron chi connectivity index (χ2n) is 4.37. The number of nitrogens with one attached hydrogen (secondary N) is 1. The van der Waals surface area contributed by atoms with Crippen LogP contribution in [0.1, 0.15) is 17.2 Å². The van der Waals surface area contributed by atoms with Crippen LogP contribution in [0.3, 0.4) is 0 Å². The van der Waals surface area contributed by atoms with Crippen molar-refractivity contribution in [2.45, 2.75) is 12.6 Å². The fourth-order valence-electron chi connectivity index (χ4n) is 2.26. The van der Waals surface area contributed by atoms with Crippen LogP contribution in [0.15, 0.2) is 53.0 Å². The Balaban J connectivity index is 1.71. The van der Waals surface area contributed by atoms with Gasteiger partial charge in [-0.2, -0.15) is 0 Å². The standard InChI is InChI=1S/C15H14BrNO/c16-13-7-3-4-8-15(13)18-10-14-12-6-2-1-5-11(12)9-17-14/h1-8,14,17H,9-10H2. The third kappa shape index (κ3) is 2.28. The lowest BCUT2D eigenvalue weighted by atomic mass is 10.1. The molecule has 0 saturated heterocycles. The summed E-state index contributed by atoms with van der Waals surface area (Å²) in [6.45, 7) is 1.58. The van der Waals surface area contributed by atoms with E-state index in [1.807, 2.05) is 24.3 Å². The summed E-state index contributed by atoms with van der Waals surface area (Å²) in [7, 11) is 0. The Hall–Kier alpha value is -1.32. The zero-order chi connectivity index (χ0) is 12.4. The number of para-hydroxylation sites is 1. The molecule has 1 aliphatic rings. The van der Waals surface area contributed by atoms with Gasteiger partial charge in [-0.05, 0) is 39.2 Å². The van der Waals surface area contributed by atoms with Crippen LogP contribution in [0.2, 0.25) is 0 Å². The van der Waals surface area contributed by atoms with Crippen molar-refractivity contribution in [2.24, 2.45) is 0 Å². The molecule has 0 fully saturated rings. The first-order valence-corrected chi connectivity index (χ1v) is 6.82. The lowest BCUT2D eigenvalue weighted by molar-refractivity contribution is 0.272. The van der Waals surface area contributed by atoms with Crippen molar-refractivity contribution in [2.75, 3.05) is 6.61 Å². The molecule has 1 heterocycles. The van der Waals surface area contributed by atoms with Gasteiger partial charge in [0.05, 0.1) is 10.5 Å². The van der Waals surface area contributed by atoms with E-state index in [0.29, 0.717) is 6.61 Å². The maximum atomic E-state index is 5.87. The highest BCUT2D eigenvalue weighted by atomic mass is 79.9. The molecule has 3 heteroatoms. The average Bonchev–Trinajstić information content (AvgIpc) is 2.81. The Labute approximate surface area is 115 Å². The van der Waals surface area contributed by atoms with Crippen LogP contribution >= 0.6 is 15.9 Å². The van der Waals surface area contributed by atoms with Crippen molar-refractivity contribution in [1.29, 1.82) is 0 Å². The van der Waals surface area contributed by atoms with E-state index in [1.165, 1.54) is 11.1 Å². The summed E-state index contributed by atoms with van der Waals surface area (Å²) < 4.78 is 6.86. The Morgan fingerprint density at radius 2 is 1.89 bits per heavy atom. The molecule has 1 N–H and O–H groups in total. The number of benzene rings is 2. The van der Waals surface area contributed by atoms with Crippen molar-refractivity contribution < 1.29 is 4.74 Å². The summed E-state index contributed by atoms with van der Waals surface area (Å²) >= 11 is 3.49. The second kappa shape index (κ2) is 5.12. The lowest BCUT2D eigenvalue weighted by Gasteiger charge is -2.14. The highest BCUT2D eigenvalue weighted by Crippen LogP contribution is 2.28. The quantitative estimate of drug-likeness (QED) is 0.934. The maximum absolute atomic E-state index is 5.87. The van der Waals surface area contributed by atoms with Gasteiger partial charge in [0.2, 0.25) is 0 Å². The molecule has 0 radical (unpaired) electrons. The predicted octanol–water partition coefficient (Wildman–Crippen LogP) is 3.67. The maximum Gasteiger partial charge on any atom is 0.133 e. The number of fused-ring (bicyclic) bond motifs is 1. The van der Waals surface area contributed by atoms with E-state index in [-0.39, 0.29) is 6.04 Å². The molecule has 2 aromatic rings. The molecule has 0 saturated carbocycles. The lowest BCUT2D eigenvalue weighted by Crippen LogP contribution is -2.19. The highest BCUT2D eigenvalue weighted by Gasteiger charge is 2.21. The van der Waals surface area contributed by atoms with Crippen molar-refractivity contribution in [3.8, 4) is 5.75 Å². The van der Waals surface area contributed by atoms with Gasteiger partial charge in [0, 0.05) is 6.54 Å². The number of halogens is 1. The first-order valence-electron chi connectivity index (χ1n) is 6.03. The Morgan fingerprint density at radius 3 is 2.78 bits per heavy atom. The summed E-state index contributed by atoms with van der Waals surface area (Å²) in [6, 6.07) is 16.7. The summed E-state index contributed by atoms with van der Waals surface area (Å²) in [5.41, 5.74) is 2.72. The molecule has 92 valence electrons. The Kier molecular flexibility index (Phi) is 3.35. The molecule has 1 aliphatic heterocycles. The van der Waals surface area contributed by atoms with Gasteiger partial charge in [0.15, 0.2) is 0 Å². The van der Waals surface area contributed by atoms with Gasteiger partial charge < -0.3 is 10.1 Å². The average molecular weight is 304 g/mol. The SMILES string of the molecule is Brc1ccccc1OCC1NCc2ccccc21. The van der Waals surface area contributed by atoms with Gasteiger partial charge in [0.25, 0.3) is 0 Å². The van der Waals surface area contributed by atoms with Gasteiger partial charge in [-0.25, -0.2) is 0 Å². The molecule has 0 bridgehead atoms. The van der Waals surface area contributed by atoms with Crippen molar-refractivity contribution in [1.82, 2.24) is 5.32 Å². The van der Waals surface area contributed by atoms with Crippen molar-refractivity contribution in [3.05, 3.63) is 64.1 Å². The van der Waals surface area contributed by atoms with Crippen LogP contribution < -0.4 is 10.1 Å². The number of hydrogen-bond donors (Lipinski definition) is 1. The molecule has 18 heavy (non-hydrogen) atoms. The Bertz CT molecular complexity index is 556. The minimum Gasteiger partial charge on any atom is -0.490 e. The molecule has 3 rings (SSSR count). The van der Waals surface area contributed by atoms with Crippen LogP contribution in [0, 0.1) is 0 Å². The number of rotatable bonds is 3. The first kappa shape index (κ1) is 11.8. The molecule has 2 nitrogen and oxygen atoms in total. The van der Waals surface area contributed by atoms with Crippen LogP contribution in [0.4, 0.5) is 0 Å². The zero-order valence-corrected chi connectivity index (χ0v) is 11.5. The minimum absolute atomic E-state index is 0.285. The predicted molar refractivity (Wildman–Crippen MR) is 75.7 cm³/mol. The van der Waals surface area contributed by atoms with Crippen molar-refractivity contribution >= 4 is 15.9 Å². The van der Waals surface area contributed by atoms with Crippen LogP contribution in [0.25, 0.3) is 0 Å². The fraction of sp³-hybridized carbons (Fsp3) is 0.200. The van der Waals surface area contributed by atoms with Gasteiger partial charge in [-0.1, -0.05) is 36.4 Å². The molecule has 0 aromatic heterocycles. The van der Waals surface area contributed by atoms with E-state index in [2.05, 4.69) is 45.5 Å². The van der Waals surface area contributed by atoms with E-state index >= 15 is 0 Å². The van der Waals surface area contributed by atoms with Crippen LogP contribution in [-0.4, -0.2) is 6.61 Å². The van der Waals surface area contributed by atoms with E-state index in [9.17, 15) is 0 Å². The third-order valence-electron chi connectivity index (χ3n) is 3.21. The molecule has 0 amide bonds. The topological polar surface area (TPSA) is 21.3 Å². The van der Waals surface area contributed by atoms with E-state index in [0.717, 1.165) is 16.8 Å². The molecule has 0 spiro atoms. The zero-order valence-electron chi connectivity index (χ0n) is 9.90.